The van der Waals surface area contributed by atoms with Crippen molar-refractivity contribution in [3.63, 3.8) is 0 Å². The second kappa shape index (κ2) is 7.72. The Hall–Kier alpha value is -1.63. The molecule has 0 unspecified atom stereocenters. The molecular weight excluding hydrogens is 429 g/mol. The number of nitrogens with zero attached hydrogens (tertiary/aromatic N) is 3. The van der Waals surface area contributed by atoms with Gasteiger partial charge < -0.3 is 9.26 Å². The molecule has 5 nitrogen and oxygen atoms in total. The third kappa shape index (κ3) is 3.97. The predicted molar refractivity (Wildman–Crippen MR) is 100 cm³/mol. The molecule has 0 radical (unpaired) electrons. The minimum atomic E-state index is 0.0773. The molecule has 8 heteroatoms. The van der Waals surface area contributed by atoms with Crippen molar-refractivity contribution in [1.29, 1.82) is 0 Å². The lowest BCUT2D eigenvalue weighted by Crippen LogP contribution is -2.02. The molecular formula is C17H14BrCl2N3O2. The van der Waals surface area contributed by atoms with Gasteiger partial charge in [0.2, 0.25) is 0 Å². The summed E-state index contributed by atoms with van der Waals surface area (Å²) in [6.45, 7) is 4.20. The van der Waals surface area contributed by atoms with E-state index in [2.05, 4.69) is 31.1 Å². The number of rotatable bonds is 5. The molecule has 3 aromatic rings. The van der Waals surface area contributed by atoms with E-state index < -0.39 is 0 Å². The number of halogens is 3. The molecule has 0 N–H and O–H groups in total. The molecule has 0 atom stereocenters. The Labute approximate surface area is 163 Å². The predicted octanol–water partition coefficient (Wildman–Crippen LogP) is 5.90. The molecule has 0 aliphatic heterocycles. The summed E-state index contributed by atoms with van der Waals surface area (Å²) in [5.41, 5.74) is 1.73. The summed E-state index contributed by atoms with van der Waals surface area (Å²) < 4.78 is 12.1. The zero-order valence-electron chi connectivity index (χ0n) is 13.5. The quantitative estimate of drug-likeness (QED) is 0.491. The van der Waals surface area contributed by atoms with Gasteiger partial charge in [0.25, 0.3) is 0 Å². The van der Waals surface area contributed by atoms with Crippen LogP contribution in [0.5, 0.6) is 5.75 Å². The lowest BCUT2D eigenvalue weighted by Gasteiger charge is -2.10. The Kier molecular flexibility index (Phi) is 5.61. The molecule has 2 heterocycles. The zero-order valence-corrected chi connectivity index (χ0v) is 16.6. The van der Waals surface area contributed by atoms with Crippen LogP contribution in [0.3, 0.4) is 0 Å². The number of hydrogen-bond acceptors (Lipinski definition) is 5. The van der Waals surface area contributed by atoms with E-state index in [1.54, 1.807) is 30.6 Å². The van der Waals surface area contributed by atoms with Gasteiger partial charge in [0, 0.05) is 11.5 Å². The summed E-state index contributed by atoms with van der Waals surface area (Å²) in [7, 11) is 0. The summed E-state index contributed by atoms with van der Waals surface area (Å²) in [4.78, 5) is 8.39. The first kappa shape index (κ1) is 18.2. The van der Waals surface area contributed by atoms with E-state index in [0.29, 0.717) is 43.1 Å². The molecule has 130 valence electrons. The first-order valence-electron chi connectivity index (χ1n) is 7.50. The summed E-state index contributed by atoms with van der Waals surface area (Å²) >= 11 is 15.9. The van der Waals surface area contributed by atoms with Crippen LogP contribution in [0, 0.1) is 0 Å². The monoisotopic (exact) mass is 441 g/mol. The van der Waals surface area contributed by atoms with E-state index in [-0.39, 0.29) is 12.5 Å². The molecule has 0 aliphatic rings. The molecule has 2 aromatic heterocycles. The minimum Gasteiger partial charge on any atom is -0.481 e. The van der Waals surface area contributed by atoms with Crippen LogP contribution in [-0.2, 0) is 6.61 Å². The molecule has 0 saturated carbocycles. The first-order chi connectivity index (χ1) is 12.0. The molecule has 0 bridgehead atoms. The van der Waals surface area contributed by atoms with Crippen molar-refractivity contribution in [3.05, 3.63) is 56.7 Å². The summed E-state index contributed by atoms with van der Waals surface area (Å²) in [6.07, 6.45) is 3.25. The highest BCUT2D eigenvalue weighted by Crippen LogP contribution is 2.42. The van der Waals surface area contributed by atoms with Crippen molar-refractivity contribution in [2.24, 2.45) is 0 Å². The molecule has 0 spiro atoms. The highest BCUT2D eigenvalue weighted by molar-refractivity contribution is 9.10. The molecule has 0 amide bonds. The fourth-order valence-electron chi connectivity index (χ4n) is 2.24. The van der Waals surface area contributed by atoms with E-state index in [9.17, 15) is 0 Å². The van der Waals surface area contributed by atoms with Crippen LogP contribution in [0.4, 0.5) is 0 Å². The maximum absolute atomic E-state index is 6.31. The summed E-state index contributed by atoms with van der Waals surface area (Å²) in [5, 5.41) is 5.10. The van der Waals surface area contributed by atoms with Crippen molar-refractivity contribution in [2.75, 3.05) is 0 Å². The Morgan fingerprint density at radius 2 is 1.88 bits per heavy atom. The van der Waals surface area contributed by atoms with Gasteiger partial charge in [-0.2, -0.15) is 0 Å². The smallest absolute Gasteiger partial charge is 0.190 e. The normalized spacial score (nSPS) is 11.1. The van der Waals surface area contributed by atoms with Crippen LogP contribution >= 0.6 is 39.1 Å². The van der Waals surface area contributed by atoms with Gasteiger partial charge in [0.1, 0.15) is 11.2 Å². The van der Waals surface area contributed by atoms with Crippen LogP contribution < -0.4 is 4.74 Å². The molecule has 0 fully saturated rings. The topological polar surface area (TPSA) is 61.0 Å². The van der Waals surface area contributed by atoms with Gasteiger partial charge in [-0.05, 0) is 28.1 Å². The van der Waals surface area contributed by atoms with Crippen molar-refractivity contribution >= 4 is 39.1 Å². The van der Waals surface area contributed by atoms with Gasteiger partial charge in [-0.25, -0.2) is 4.98 Å². The van der Waals surface area contributed by atoms with Crippen LogP contribution in [0.1, 0.15) is 31.2 Å². The van der Waals surface area contributed by atoms with Crippen LogP contribution in [-0.4, -0.2) is 15.1 Å². The SMILES string of the molecule is CC(C)c1onc(-c2c(Cl)cccc2Cl)c1OCc1cnc(Br)cn1. The molecule has 25 heavy (non-hydrogen) atoms. The zero-order chi connectivity index (χ0) is 18.0. The van der Waals surface area contributed by atoms with Crippen LogP contribution in [0.25, 0.3) is 11.3 Å². The third-order valence-corrected chi connectivity index (χ3v) is 4.48. The van der Waals surface area contributed by atoms with E-state index in [4.69, 9.17) is 32.5 Å². The second-order valence-electron chi connectivity index (χ2n) is 5.60. The van der Waals surface area contributed by atoms with Gasteiger partial charge in [0.15, 0.2) is 17.2 Å². The van der Waals surface area contributed by atoms with E-state index in [0.717, 1.165) is 0 Å². The molecule has 1 aromatic carbocycles. The minimum absolute atomic E-state index is 0.0773. The lowest BCUT2D eigenvalue weighted by atomic mass is 10.1. The van der Waals surface area contributed by atoms with Crippen LogP contribution in [0.15, 0.2) is 39.7 Å². The average molecular weight is 443 g/mol. The lowest BCUT2D eigenvalue weighted by molar-refractivity contribution is 0.284. The fraction of sp³-hybridized carbons (Fsp3) is 0.235. The van der Waals surface area contributed by atoms with Gasteiger partial charge in [-0.1, -0.05) is 48.3 Å². The number of aromatic nitrogens is 3. The third-order valence-electron chi connectivity index (χ3n) is 3.44. The maximum Gasteiger partial charge on any atom is 0.190 e. The van der Waals surface area contributed by atoms with E-state index >= 15 is 0 Å². The van der Waals surface area contributed by atoms with Crippen molar-refractivity contribution < 1.29 is 9.26 Å². The highest BCUT2D eigenvalue weighted by Gasteiger charge is 2.25. The van der Waals surface area contributed by atoms with Crippen molar-refractivity contribution in [2.45, 2.75) is 26.4 Å². The summed E-state index contributed by atoms with van der Waals surface area (Å²) in [5.74, 6) is 1.21. The number of benzene rings is 1. The Morgan fingerprint density at radius 1 is 1.16 bits per heavy atom. The van der Waals surface area contributed by atoms with Gasteiger partial charge in [0.05, 0.1) is 28.1 Å². The van der Waals surface area contributed by atoms with Crippen LogP contribution in [0.2, 0.25) is 10.0 Å². The maximum atomic E-state index is 6.31. The van der Waals surface area contributed by atoms with Crippen molar-refractivity contribution in [3.8, 4) is 17.0 Å². The number of ether oxygens (including phenoxy) is 1. The molecule has 3 rings (SSSR count). The fourth-order valence-corrected chi connectivity index (χ4v) is 3.03. The Bertz CT molecular complexity index is 862. The van der Waals surface area contributed by atoms with Gasteiger partial charge in [-0.15, -0.1) is 0 Å². The Morgan fingerprint density at radius 3 is 2.48 bits per heavy atom. The second-order valence-corrected chi connectivity index (χ2v) is 7.22. The largest absolute Gasteiger partial charge is 0.481 e. The van der Waals surface area contributed by atoms with Gasteiger partial charge in [-0.3, -0.25) is 4.98 Å². The highest BCUT2D eigenvalue weighted by atomic mass is 79.9. The van der Waals surface area contributed by atoms with Crippen molar-refractivity contribution in [1.82, 2.24) is 15.1 Å². The van der Waals surface area contributed by atoms with E-state index in [1.807, 2.05) is 13.8 Å². The first-order valence-corrected chi connectivity index (χ1v) is 9.05. The standard InChI is InChI=1S/C17H14BrCl2N3O2/c1-9(2)16-17(24-8-10-6-22-13(18)7-21-10)15(23-25-16)14-11(19)4-3-5-12(14)20/h3-7,9H,8H2,1-2H3. The van der Waals surface area contributed by atoms with Gasteiger partial charge >= 0.3 is 0 Å². The summed E-state index contributed by atoms with van der Waals surface area (Å²) in [6, 6.07) is 5.27. The van der Waals surface area contributed by atoms with E-state index in [1.165, 1.54) is 0 Å². The molecule has 0 aliphatic carbocycles. The average Bonchev–Trinajstić information content (AvgIpc) is 2.98. The number of hydrogen-bond donors (Lipinski definition) is 0. The Balaban J connectivity index is 1.99. The molecule has 0 saturated heterocycles.